The highest BCUT2D eigenvalue weighted by Crippen LogP contribution is 2.08. The van der Waals surface area contributed by atoms with E-state index in [9.17, 15) is 9.59 Å². The SMILES string of the molecule is CC(C)CC(=O)NCCN(C)C(=O)OC(C)(C)C. The first-order valence-electron chi connectivity index (χ1n) is 6.32. The molecule has 106 valence electrons. The fourth-order valence-electron chi connectivity index (χ4n) is 1.24. The van der Waals surface area contributed by atoms with Crippen molar-refractivity contribution < 1.29 is 14.3 Å². The molecular formula is C13H26N2O3. The van der Waals surface area contributed by atoms with Gasteiger partial charge in [0, 0.05) is 26.6 Å². The van der Waals surface area contributed by atoms with E-state index in [2.05, 4.69) is 5.32 Å². The van der Waals surface area contributed by atoms with E-state index in [4.69, 9.17) is 4.74 Å². The Labute approximate surface area is 110 Å². The fourth-order valence-corrected chi connectivity index (χ4v) is 1.24. The minimum absolute atomic E-state index is 0.0163. The predicted molar refractivity (Wildman–Crippen MR) is 71.3 cm³/mol. The smallest absolute Gasteiger partial charge is 0.410 e. The van der Waals surface area contributed by atoms with E-state index in [-0.39, 0.29) is 12.0 Å². The normalized spacial score (nSPS) is 11.3. The number of carbonyl (C=O) groups is 2. The highest BCUT2D eigenvalue weighted by Gasteiger charge is 2.19. The van der Waals surface area contributed by atoms with Crippen LogP contribution in [-0.2, 0) is 9.53 Å². The highest BCUT2D eigenvalue weighted by atomic mass is 16.6. The molecule has 0 saturated heterocycles. The van der Waals surface area contributed by atoms with Gasteiger partial charge in [-0.1, -0.05) is 13.8 Å². The summed E-state index contributed by atoms with van der Waals surface area (Å²) in [4.78, 5) is 24.5. The van der Waals surface area contributed by atoms with E-state index >= 15 is 0 Å². The molecule has 0 aromatic heterocycles. The fraction of sp³-hybridized carbons (Fsp3) is 0.846. The largest absolute Gasteiger partial charge is 0.444 e. The summed E-state index contributed by atoms with van der Waals surface area (Å²) in [5, 5.41) is 2.77. The van der Waals surface area contributed by atoms with E-state index in [1.165, 1.54) is 4.90 Å². The van der Waals surface area contributed by atoms with E-state index < -0.39 is 5.60 Å². The highest BCUT2D eigenvalue weighted by molar-refractivity contribution is 5.76. The van der Waals surface area contributed by atoms with Crippen molar-refractivity contribution in [2.24, 2.45) is 5.92 Å². The third kappa shape index (κ3) is 8.84. The monoisotopic (exact) mass is 258 g/mol. The van der Waals surface area contributed by atoms with E-state index in [0.29, 0.717) is 25.4 Å². The van der Waals surface area contributed by atoms with Crippen LogP contribution in [0.2, 0.25) is 0 Å². The van der Waals surface area contributed by atoms with E-state index in [0.717, 1.165) is 0 Å². The molecule has 0 spiro atoms. The minimum Gasteiger partial charge on any atom is -0.444 e. The molecule has 0 aliphatic heterocycles. The van der Waals surface area contributed by atoms with Crippen molar-refractivity contribution in [2.75, 3.05) is 20.1 Å². The number of carbonyl (C=O) groups excluding carboxylic acids is 2. The Morgan fingerprint density at radius 3 is 2.28 bits per heavy atom. The molecule has 0 aromatic carbocycles. The van der Waals surface area contributed by atoms with Crippen molar-refractivity contribution in [1.29, 1.82) is 0 Å². The standard InChI is InChI=1S/C13H26N2O3/c1-10(2)9-11(16)14-7-8-15(6)12(17)18-13(3,4)5/h10H,7-9H2,1-6H3,(H,14,16). The molecule has 0 saturated carbocycles. The summed E-state index contributed by atoms with van der Waals surface area (Å²) < 4.78 is 5.20. The van der Waals surface area contributed by atoms with Crippen molar-refractivity contribution in [3.63, 3.8) is 0 Å². The molecule has 0 aliphatic rings. The first kappa shape index (κ1) is 16.7. The maximum Gasteiger partial charge on any atom is 0.410 e. The maximum absolute atomic E-state index is 11.6. The van der Waals surface area contributed by atoms with Crippen LogP contribution in [0.5, 0.6) is 0 Å². The van der Waals surface area contributed by atoms with Crippen molar-refractivity contribution in [3.8, 4) is 0 Å². The zero-order valence-electron chi connectivity index (χ0n) is 12.4. The molecule has 2 amide bonds. The van der Waals surface area contributed by atoms with Gasteiger partial charge in [-0.05, 0) is 26.7 Å². The van der Waals surface area contributed by atoms with Gasteiger partial charge in [0.1, 0.15) is 5.60 Å². The summed E-state index contributed by atoms with van der Waals surface area (Å²) in [5.41, 5.74) is -0.494. The van der Waals surface area contributed by atoms with Gasteiger partial charge in [0.05, 0.1) is 0 Å². The summed E-state index contributed by atoms with van der Waals surface area (Å²) in [6.07, 6.45) is 0.136. The van der Waals surface area contributed by atoms with Crippen LogP contribution in [0, 0.1) is 5.92 Å². The van der Waals surface area contributed by atoms with Gasteiger partial charge in [0.15, 0.2) is 0 Å². The predicted octanol–water partition coefficient (Wildman–Crippen LogP) is 2.02. The molecule has 1 N–H and O–H groups in total. The zero-order chi connectivity index (χ0) is 14.3. The van der Waals surface area contributed by atoms with Gasteiger partial charge in [-0.3, -0.25) is 4.79 Å². The Bertz CT molecular complexity index is 282. The van der Waals surface area contributed by atoms with Crippen molar-refractivity contribution in [2.45, 2.75) is 46.6 Å². The van der Waals surface area contributed by atoms with Crippen LogP contribution in [0.1, 0.15) is 41.0 Å². The van der Waals surface area contributed by atoms with Crippen LogP contribution in [-0.4, -0.2) is 42.6 Å². The Hall–Kier alpha value is -1.26. The van der Waals surface area contributed by atoms with Crippen LogP contribution in [0.25, 0.3) is 0 Å². The molecule has 0 radical (unpaired) electrons. The lowest BCUT2D eigenvalue weighted by Crippen LogP contribution is -2.39. The number of likely N-dealkylation sites (N-methyl/N-ethyl adjacent to an activating group) is 1. The number of rotatable bonds is 5. The molecule has 0 aliphatic carbocycles. The van der Waals surface area contributed by atoms with Crippen LogP contribution >= 0.6 is 0 Å². The first-order chi connectivity index (χ1) is 8.11. The average Bonchev–Trinajstić information content (AvgIpc) is 2.13. The third-order valence-corrected chi connectivity index (χ3v) is 2.07. The van der Waals surface area contributed by atoms with Crippen molar-refractivity contribution >= 4 is 12.0 Å². The quantitative estimate of drug-likeness (QED) is 0.820. The summed E-state index contributed by atoms with van der Waals surface area (Å²) in [6, 6.07) is 0. The zero-order valence-corrected chi connectivity index (χ0v) is 12.4. The van der Waals surface area contributed by atoms with E-state index in [1.807, 2.05) is 34.6 Å². The molecule has 0 atom stereocenters. The lowest BCUT2D eigenvalue weighted by molar-refractivity contribution is -0.121. The van der Waals surface area contributed by atoms with E-state index in [1.54, 1.807) is 7.05 Å². The number of ether oxygens (including phenoxy) is 1. The molecule has 5 nitrogen and oxygen atoms in total. The third-order valence-electron chi connectivity index (χ3n) is 2.07. The molecule has 0 aromatic rings. The lowest BCUT2D eigenvalue weighted by atomic mass is 10.1. The number of hydrogen-bond acceptors (Lipinski definition) is 3. The molecular weight excluding hydrogens is 232 g/mol. The van der Waals surface area contributed by atoms with Gasteiger partial charge < -0.3 is 15.0 Å². The topological polar surface area (TPSA) is 58.6 Å². The Balaban J connectivity index is 3.86. The summed E-state index contributed by atoms with van der Waals surface area (Å²) in [7, 11) is 1.66. The van der Waals surface area contributed by atoms with Crippen molar-refractivity contribution in [3.05, 3.63) is 0 Å². The van der Waals surface area contributed by atoms with Gasteiger partial charge in [0.2, 0.25) is 5.91 Å². The van der Waals surface area contributed by atoms with Crippen LogP contribution in [0.4, 0.5) is 4.79 Å². The van der Waals surface area contributed by atoms with Crippen molar-refractivity contribution in [1.82, 2.24) is 10.2 Å². The van der Waals surface area contributed by atoms with Gasteiger partial charge >= 0.3 is 6.09 Å². The molecule has 18 heavy (non-hydrogen) atoms. The van der Waals surface area contributed by atoms with Gasteiger partial charge in [-0.25, -0.2) is 4.79 Å². The van der Waals surface area contributed by atoms with Crippen LogP contribution < -0.4 is 5.32 Å². The molecule has 0 unspecified atom stereocenters. The lowest BCUT2D eigenvalue weighted by Gasteiger charge is -2.24. The number of hydrogen-bond donors (Lipinski definition) is 1. The van der Waals surface area contributed by atoms with Gasteiger partial charge in [0.25, 0.3) is 0 Å². The Morgan fingerprint density at radius 1 is 1.28 bits per heavy atom. The molecule has 0 rings (SSSR count). The summed E-state index contributed by atoms with van der Waals surface area (Å²) >= 11 is 0. The molecule has 0 bridgehead atoms. The number of nitrogens with one attached hydrogen (secondary N) is 1. The second-order valence-electron chi connectivity index (χ2n) is 5.85. The molecule has 5 heteroatoms. The number of amides is 2. The second kappa shape index (κ2) is 7.24. The number of nitrogens with zero attached hydrogens (tertiary/aromatic N) is 1. The van der Waals surface area contributed by atoms with Crippen LogP contribution in [0.15, 0.2) is 0 Å². The van der Waals surface area contributed by atoms with Crippen LogP contribution in [0.3, 0.4) is 0 Å². The second-order valence-corrected chi connectivity index (χ2v) is 5.85. The minimum atomic E-state index is -0.494. The maximum atomic E-state index is 11.6. The Kier molecular flexibility index (Phi) is 6.73. The summed E-state index contributed by atoms with van der Waals surface area (Å²) in [6.45, 7) is 10.3. The molecule has 0 heterocycles. The summed E-state index contributed by atoms with van der Waals surface area (Å²) in [5.74, 6) is 0.358. The average molecular weight is 258 g/mol. The van der Waals surface area contributed by atoms with Gasteiger partial charge in [-0.15, -0.1) is 0 Å². The van der Waals surface area contributed by atoms with Gasteiger partial charge in [-0.2, -0.15) is 0 Å². The molecule has 0 fully saturated rings. The Morgan fingerprint density at radius 2 is 1.83 bits per heavy atom. The first-order valence-corrected chi connectivity index (χ1v) is 6.32.